The van der Waals surface area contributed by atoms with E-state index in [4.69, 9.17) is 5.11 Å². The Morgan fingerprint density at radius 1 is 1.69 bits per heavy atom. The van der Waals surface area contributed by atoms with Gasteiger partial charge in [0.1, 0.15) is 0 Å². The van der Waals surface area contributed by atoms with Crippen LogP contribution in [0.1, 0.15) is 18.5 Å². The molecule has 3 heteroatoms. The van der Waals surface area contributed by atoms with E-state index in [1.807, 2.05) is 31.2 Å². The van der Waals surface area contributed by atoms with Gasteiger partial charge in [0.05, 0.1) is 6.54 Å². The van der Waals surface area contributed by atoms with Gasteiger partial charge in [-0.3, -0.25) is 4.79 Å². The lowest BCUT2D eigenvalue weighted by Crippen LogP contribution is -2.25. The Bertz CT molecular complexity index is 272. The SMILES string of the molecule is CC(NCC(=O)O)c1[c]cccc1. The van der Waals surface area contributed by atoms with E-state index in [0.717, 1.165) is 5.56 Å². The number of aliphatic carboxylic acids is 1. The van der Waals surface area contributed by atoms with Crippen molar-refractivity contribution in [3.05, 3.63) is 35.9 Å². The van der Waals surface area contributed by atoms with E-state index in [0.29, 0.717) is 0 Å². The molecule has 1 atom stereocenters. The number of hydrogen-bond acceptors (Lipinski definition) is 2. The van der Waals surface area contributed by atoms with E-state index in [-0.39, 0.29) is 12.6 Å². The van der Waals surface area contributed by atoms with Gasteiger partial charge in [-0.05, 0) is 18.6 Å². The van der Waals surface area contributed by atoms with Crippen LogP contribution in [0.5, 0.6) is 0 Å². The molecule has 0 amide bonds. The molecule has 0 bridgehead atoms. The molecule has 1 aromatic rings. The molecular formula is C10H12NO2. The topological polar surface area (TPSA) is 49.3 Å². The minimum absolute atomic E-state index is 0.0239. The zero-order chi connectivity index (χ0) is 9.68. The minimum Gasteiger partial charge on any atom is -0.480 e. The molecule has 1 rings (SSSR count). The van der Waals surface area contributed by atoms with Crippen LogP contribution in [-0.2, 0) is 4.79 Å². The average Bonchev–Trinajstić information content (AvgIpc) is 2.15. The first-order valence-corrected chi connectivity index (χ1v) is 4.12. The van der Waals surface area contributed by atoms with E-state index < -0.39 is 5.97 Å². The molecule has 0 heterocycles. The molecule has 0 saturated heterocycles. The highest BCUT2D eigenvalue weighted by Gasteiger charge is 2.05. The summed E-state index contributed by atoms with van der Waals surface area (Å²) in [5.74, 6) is -0.845. The van der Waals surface area contributed by atoms with Gasteiger partial charge in [-0.25, -0.2) is 0 Å². The van der Waals surface area contributed by atoms with Gasteiger partial charge >= 0.3 is 5.97 Å². The summed E-state index contributed by atoms with van der Waals surface area (Å²) in [7, 11) is 0. The van der Waals surface area contributed by atoms with Crippen LogP contribution in [-0.4, -0.2) is 17.6 Å². The van der Waals surface area contributed by atoms with Crippen LogP contribution in [0.4, 0.5) is 0 Å². The first kappa shape index (κ1) is 9.74. The third-order valence-electron chi connectivity index (χ3n) is 1.76. The lowest BCUT2D eigenvalue weighted by atomic mass is 10.1. The van der Waals surface area contributed by atoms with Crippen molar-refractivity contribution < 1.29 is 9.90 Å². The van der Waals surface area contributed by atoms with Crippen molar-refractivity contribution in [2.24, 2.45) is 0 Å². The average molecular weight is 178 g/mol. The molecule has 1 unspecified atom stereocenters. The van der Waals surface area contributed by atoms with Crippen molar-refractivity contribution in [1.29, 1.82) is 0 Å². The van der Waals surface area contributed by atoms with Crippen LogP contribution in [0, 0.1) is 6.07 Å². The molecule has 0 aliphatic heterocycles. The fourth-order valence-corrected chi connectivity index (χ4v) is 1.03. The van der Waals surface area contributed by atoms with Crippen molar-refractivity contribution in [3.63, 3.8) is 0 Å². The lowest BCUT2D eigenvalue weighted by molar-refractivity contribution is -0.136. The first-order chi connectivity index (χ1) is 6.20. The van der Waals surface area contributed by atoms with Gasteiger partial charge in [-0.2, -0.15) is 0 Å². The third-order valence-corrected chi connectivity index (χ3v) is 1.76. The highest BCUT2D eigenvalue weighted by molar-refractivity contribution is 5.69. The number of carbonyl (C=O) groups is 1. The molecule has 0 fully saturated rings. The molecule has 0 aliphatic carbocycles. The third kappa shape index (κ3) is 3.25. The number of carboxylic acids is 1. The molecule has 0 aliphatic rings. The summed E-state index contributed by atoms with van der Waals surface area (Å²) in [6.45, 7) is 1.89. The second-order valence-corrected chi connectivity index (χ2v) is 2.81. The minimum atomic E-state index is -0.845. The van der Waals surface area contributed by atoms with Crippen molar-refractivity contribution in [3.8, 4) is 0 Å². The number of rotatable bonds is 4. The van der Waals surface area contributed by atoms with Crippen LogP contribution in [0.15, 0.2) is 24.3 Å². The second kappa shape index (κ2) is 4.62. The predicted octanol–water partition coefficient (Wildman–Crippen LogP) is 1.22. The van der Waals surface area contributed by atoms with Gasteiger partial charge < -0.3 is 10.4 Å². The van der Waals surface area contributed by atoms with Gasteiger partial charge in [-0.1, -0.05) is 24.3 Å². The van der Waals surface area contributed by atoms with Crippen LogP contribution < -0.4 is 5.32 Å². The monoisotopic (exact) mass is 178 g/mol. The molecule has 1 radical (unpaired) electrons. The lowest BCUT2D eigenvalue weighted by Gasteiger charge is -2.11. The maximum atomic E-state index is 10.3. The molecule has 0 aromatic heterocycles. The van der Waals surface area contributed by atoms with Gasteiger partial charge in [0.15, 0.2) is 0 Å². The van der Waals surface area contributed by atoms with E-state index in [9.17, 15) is 4.79 Å². The van der Waals surface area contributed by atoms with Gasteiger partial charge in [0.25, 0.3) is 0 Å². The zero-order valence-electron chi connectivity index (χ0n) is 7.45. The first-order valence-electron chi connectivity index (χ1n) is 4.12. The largest absolute Gasteiger partial charge is 0.480 e. The molecule has 0 spiro atoms. The summed E-state index contributed by atoms with van der Waals surface area (Å²) in [5, 5.41) is 11.3. The van der Waals surface area contributed by atoms with Crippen molar-refractivity contribution >= 4 is 5.97 Å². The second-order valence-electron chi connectivity index (χ2n) is 2.81. The highest BCUT2D eigenvalue weighted by atomic mass is 16.4. The van der Waals surface area contributed by atoms with Gasteiger partial charge in [0.2, 0.25) is 0 Å². The van der Waals surface area contributed by atoms with Gasteiger partial charge in [0, 0.05) is 6.04 Å². The Hall–Kier alpha value is -1.35. The van der Waals surface area contributed by atoms with Crippen LogP contribution >= 0.6 is 0 Å². The van der Waals surface area contributed by atoms with E-state index in [2.05, 4.69) is 11.4 Å². The molecule has 0 saturated carbocycles. The molecule has 13 heavy (non-hydrogen) atoms. The fourth-order valence-electron chi connectivity index (χ4n) is 1.03. The van der Waals surface area contributed by atoms with Crippen molar-refractivity contribution in [2.45, 2.75) is 13.0 Å². The number of benzene rings is 1. The fraction of sp³-hybridized carbons (Fsp3) is 0.300. The molecule has 3 nitrogen and oxygen atoms in total. The Labute approximate surface area is 77.4 Å². The normalized spacial score (nSPS) is 12.4. The van der Waals surface area contributed by atoms with Crippen LogP contribution in [0.25, 0.3) is 0 Å². The summed E-state index contributed by atoms with van der Waals surface area (Å²) in [6.07, 6.45) is 0. The molecule has 1 aromatic carbocycles. The Morgan fingerprint density at radius 2 is 2.46 bits per heavy atom. The zero-order valence-corrected chi connectivity index (χ0v) is 7.45. The van der Waals surface area contributed by atoms with Crippen LogP contribution in [0.3, 0.4) is 0 Å². The Morgan fingerprint density at radius 3 is 3.00 bits per heavy atom. The smallest absolute Gasteiger partial charge is 0.317 e. The Balaban J connectivity index is 2.49. The number of hydrogen-bond donors (Lipinski definition) is 2. The summed E-state index contributed by atoms with van der Waals surface area (Å²) in [4.78, 5) is 10.3. The van der Waals surface area contributed by atoms with Crippen LogP contribution in [0.2, 0.25) is 0 Å². The predicted molar refractivity (Wildman–Crippen MR) is 49.3 cm³/mol. The standard InChI is InChI=1S/C10H12NO2/c1-8(11-7-10(12)13)9-5-3-2-4-6-9/h2-5,8,11H,7H2,1H3,(H,12,13). The number of carboxylic acid groups (broad SMARTS) is 1. The van der Waals surface area contributed by atoms with E-state index >= 15 is 0 Å². The number of nitrogens with one attached hydrogen (secondary N) is 1. The quantitative estimate of drug-likeness (QED) is 0.728. The summed E-state index contributed by atoms with van der Waals surface area (Å²) in [6, 6.07) is 10.6. The molecule has 69 valence electrons. The van der Waals surface area contributed by atoms with Gasteiger partial charge in [-0.15, -0.1) is 0 Å². The highest BCUT2D eigenvalue weighted by Crippen LogP contribution is 2.09. The Kier molecular flexibility index (Phi) is 3.46. The maximum Gasteiger partial charge on any atom is 0.317 e. The summed E-state index contributed by atoms with van der Waals surface area (Å²) >= 11 is 0. The van der Waals surface area contributed by atoms with Crippen molar-refractivity contribution in [2.75, 3.05) is 6.54 Å². The molecular weight excluding hydrogens is 166 g/mol. The summed E-state index contributed by atoms with van der Waals surface area (Å²) < 4.78 is 0. The molecule has 2 N–H and O–H groups in total. The maximum absolute atomic E-state index is 10.3. The van der Waals surface area contributed by atoms with E-state index in [1.54, 1.807) is 0 Å². The van der Waals surface area contributed by atoms with E-state index in [1.165, 1.54) is 0 Å². The van der Waals surface area contributed by atoms with Crippen molar-refractivity contribution in [1.82, 2.24) is 5.32 Å². The summed E-state index contributed by atoms with van der Waals surface area (Å²) in [5.41, 5.74) is 0.976.